The smallest absolute Gasteiger partial charge is 0.237 e. The van der Waals surface area contributed by atoms with Crippen molar-refractivity contribution in [3.8, 4) is 0 Å². The quantitative estimate of drug-likeness (QED) is 0.606. The van der Waals surface area contributed by atoms with Gasteiger partial charge >= 0.3 is 0 Å². The van der Waals surface area contributed by atoms with E-state index in [1.807, 2.05) is 49.5 Å². The summed E-state index contributed by atoms with van der Waals surface area (Å²) in [6.07, 6.45) is 4.48. The van der Waals surface area contributed by atoms with Crippen LogP contribution in [-0.2, 0) is 11.2 Å². The van der Waals surface area contributed by atoms with E-state index in [1.54, 1.807) is 6.21 Å². The highest BCUT2D eigenvalue weighted by Crippen LogP contribution is 2.34. The van der Waals surface area contributed by atoms with Crippen LogP contribution in [0.2, 0.25) is 0 Å². The molecule has 0 bridgehead atoms. The van der Waals surface area contributed by atoms with Crippen LogP contribution >= 0.6 is 0 Å². The van der Waals surface area contributed by atoms with Crippen molar-refractivity contribution in [2.75, 3.05) is 23.8 Å². The largest absolute Gasteiger partial charge is 0.374 e. The van der Waals surface area contributed by atoms with Crippen molar-refractivity contribution in [1.29, 1.82) is 0 Å². The Kier molecular flexibility index (Phi) is 5.61. The van der Waals surface area contributed by atoms with E-state index in [0.717, 1.165) is 46.7 Å². The number of anilines is 2. The first-order valence-electron chi connectivity index (χ1n) is 10.2. The van der Waals surface area contributed by atoms with Crippen LogP contribution in [0.1, 0.15) is 28.3 Å². The molecule has 1 aliphatic heterocycles. The number of hydrogen-bond acceptors (Lipinski definition) is 4. The number of nitrogens with zero attached hydrogens (tertiary/aromatic N) is 3. The van der Waals surface area contributed by atoms with Gasteiger partial charge in [0.15, 0.2) is 0 Å². The number of fused-ring (bicyclic) bond motifs is 1. The number of carbonyl (C=O) groups is 1. The second kappa shape index (κ2) is 8.49. The molecular formula is C25H26N4O. The fraction of sp³-hybridized carbons (Fsp3) is 0.240. The lowest BCUT2D eigenvalue weighted by atomic mass is 9.97. The van der Waals surface area contributed by atoms with E-state index in [1.165, 1.54) is 5.69 Å². The number of aryl methyl sites for hydroxylation is 2. The molecule has 152 valence electrons. The lowest BCUT2D eigenvalue weighted by molar-refractivity contribution is -0.115. The topological polar surface area (TPSA) is 57.6 Å². The van der Waals surface area contributed by atoms with E-state index in [0.29, 0.717) is 0 Å². The number of carbonyl (C=O) groups excluding carboxylic acids is 1. The van der Waals surface area contributed by atoms with E-state index in [4.69, 9.17) is 0 Å². The molecule has 30 heavy (non-hydrogen) atoms. The molecule has 0 fully saturated rings. The highest BCUT2D eigenvalue weighted by Gasteiger charge is 2.30. The molecule has 1 N–H and O–H groups in total. The Morgan fingerprint density at radius 3 is 2.73 bits per heavy atom. The molecule has 0 aliphatic carbocycles. The van der Waals surface area contributed by atoms with Gasteiger partial charge in [-0.05, 0) is 66.9 Å². The predicted molar refractivity (Wildman–Crippen MR) is 123 cm³/mol. The Morgan fingerprint density at radius 1 is 1.10 bits per heavy atom. The zero-order chi connectivity index (χ0) is 21.1. The molecule has 1 atom stereocenters. The molecule has 5 nitrogen and oxygen atoms in total. The standard InChI is InChI=1S/C25H26N4O/c1-17-7-6-9-22-24(17)21(25(30)28-22)16-27-20-10-11-23(18(2)15-20)29(3)14-12-19-8-4-5-13-26-19/h4-11,13,15-16,21H,12,14H2,1-3H3,(H,28,30). The molecule has 0 saturated heterocycles. The molecule has 5 heteroatoms. The minimum atomic E-state index is -0.345. The summed E-state index contributed by atoms with van der Waals surface area (Å²) in [6.45, 7) is 5.01. The third-order valence-corrected chi connectivity index (χ3v) is 5.57. The Balaban J connectivity index is 1.47. The van der Waals surface area contributed by atoms with Crippen LogP contribution in [0.5, 0.6) is 0 Å². The summed E-state index contributed by atoms with van der Waals surface area (Å²) in [5, 5.41) is 2.95. The van der Waals surface area contributed by atoms with Crippen molar-refractivity contribution in [1.82, 2.24) is 4.98 Å². The van der Waals surface area contributed by atoms with Crippen LogP contribution in [-0.4, -0.2) is 30.7 Å². The first-order chi connectivity index (χ1) is 14.5. The van der Waals surface area contributed by atoms with Crippen LogP contribution in [0.3, 0.4) is 0 Å². The average molecular weight is 399 g/mol. The predicted octanol–water partition coefficient (Wildman–Crippen LogP) is 4.82. The summed E-state index contributed by atoms with van der Waals surface area (Å²) in [5.41, 5.74) is 7.28. The number of hydrogen-bond donors (Lipinski definition) is 1. The van der Waals surface area contributed by atoms with Gasteiger partial charge in [-0.25, -0.2) is 0 Å². The summed E-state index contributed by atoms with van der Waals surface area (Å²) in [6, 6.07) is 18.1. The van der Waals surface area contributed by atoms with E-state index in [9.17, 15) is 4.79 Å². The summed E-state index contributed by atoms with van der Waals surface area (Å²) in [5.74, 6) is -0.368. The average Bonchev–Trinajstić information content (AvgIpc) is 3.07. The van der Waals surface area contributed by atoms with Gasteiger partial charge in [0, 0.05) is 49.5 Å². The zero-order valence-electron chi connectivity index (χ0n) is 17.6. The van der Waals surface area contributed by atoms with Crippen LogP contribution in [0, 0.1) is 13.8 Å². The van der Waals surface area contributed by atoms with E-state index in [-0.39, 0.29) is 11.8 Å². The van der Waals surface area contributed by atoms with Gasteiger partial charge < -0.3 is 10.2 Å². The number of rotatable bonds is 6. The molecule has 4 rings (SSSR count). The number of benzene rings is 2. The molecule has 1 aliphatic rings. The summed E-state index contributed by atoms with van der Waals surface area (Å²) in [4.78, 5) is 23.6. The zero-order valence-corrected chi connectivity index (χ0v) is 17.6. The Hall–Kier alpha value is -3.47. The van der Waals surface area contributed by atoms with Gasteiger partial charge in [-0.2, -0.15) is 0 Å². The van der Waals surface area contributed by atoms with Gasteiger partial charge in [0.1, 0.15) is 5.92 Å². The second-order valence-corrected chi connectivity index (χ2v) is 7.74. The molecule has 3 aromatic rings. The summed E-state index contributed by atoms with van der Waals surface area (Å²) >= 11 is 0. The highest BCUT2D eigenvalue weighted by atomic mass is 16.2. The third kappa shape index (κ3) is 4.10. The van der Waals surface area contributed by atoms with Crippen LogP contribution < -0.4 is 10.2 Å². The lowest BCUT2D eigenvalue weighted by Gasteiger charge is -2.21. The monoisotopic (exact) mass is 398 g/mol. The second-order valence-electron chi connectivity index (χ2n) is 7.74. The Bertz CT molecular complexity index is 1090. The van der Waals surface area contributed by atoms with Crippen LogP contribution in [0.15, 0.2) is 65.8 Å². The fourth-order valence-electron chi connectivity index (χ4n) is 3.94. The number of amides is 1. The van der Waals surface area contributed by atoms with E-state index >= 15 is 0 Å². The molecule has 0 radical (unpaired) electrons. The van der Waals surface area contributed by atoms with Crippen LogP contribution in [0.25, 0.3) is 0 Å². The number of aromatic nitrogens is 1. The summed E-state index contributed by atoms with van der Waals surface area (Å²) < 4.78 is 0. The Morgan fingerprint density at radius 2 is 1.97 bits per heavy atom. The molecule has 1 amide bonds. The van der Waals surface area contributed by atoms with Gasteiger partial charge in [-0.1, -0.05) is 18.2 Å². The first-order valence-corrected chi connectivity index (χ1v) is 10.2. The molecule has 0 spiro atoms. The maximum absolute atomic E-state index is 12.4. The van der Waals surface area contributed by atoms with Crippen molar-refractivity contribution >= 4 is 29.2 Å². The van der Waals surface area contributed by atoms with Crippen LogP contribution in [0.4, 0.5) is 17.1 Å². The van der Waals surface area contributed by atoms with Crippen molar-refractivity contribution < 1.29 is 4.79 Å². The van der Waals surface area contributed by atoms with Gasteiger partial charge in [0.05, 0.1) is 5.69 Å². The number of likely N-dealkylation sites (N-methyl/N-ethyl adjacent to an activating group) is 1. The fourth-order valence-corrected chi connectivity index (χ4v) is 3.94. The van der Waals surface area contributed by atoms with Gasteiger partial charge in [0.2, 0.25) is 5.91 Å². The molecule has 0 saturated carbocycles. The normalized spacial score (nSPS) is 15.3. The minimum absolute atomic E-state index is 0.0225. The van der Waals surface area contributed by atoms with E-state index < -0.39 is 0 Å². The summed E-state index contributed by atoms with van der Waals surface area (Å²) in [7, 11) is 2.09. The number of nitrogens with one attached hydrogen (secondary N) is 1. The molecule has 2 heterocycles. The van der Waals surface area contributed by atoms with Crippen molar-refractivity contribution in [3.05, 3.63) is 83.2 Å². The Labute approximate surface area is 177 Å². The lowest BCUT2D eigenvalue weighted by Crippen LogP contribution is -2.21. The maximum atomic E-state index is 12.4. The highest BCUT2D eigenvalue weighted by molar-refractivity contribution is 6.13. The number of aliphatic imine (C=N–C) groups is 1. The van der Waals surface area contributed by atoms with Crippen molar-refractivity contribution in [2.45, 2.75) is 26.2 Å². The van der Waals surface area contributed by atoms with Gasteiger partial charge in [-0.15, -0.1) is 0 Å². The van der Waals surface area contributed by atoms with Crippen molar-refractivity contribution in [3.63, 3.8) is 0 Å². The third-order valence-electron chi connectivity index (χ3n) is 5.57. The minimum Gasteiger partial charge on any atom is -0.374 e. The maximum Gasteiger partial charge on any atom is 0.237 e. The molecule has 1 aromatic heterocycles. The van der Waals surface area contributed by atoms with Gasteiger partial charge in [-0.3, -0.25) is 14.8 Å². The molecular weight excluding hydrogens is 372 g/mol. The van der Waals surface area contributed by atoms with E-state index in [2.05, 4.69) is 52.4 Å². The van der Waals surface area contributed by atoms with Crippen molar-refractivity contribution in [2.24, 2.45) is 4.99 Å². The number of pyridine rings is 1. The molecule has 2 aromatic carbocycles. The van der Waals surface area contributed by atoms with Gasteiger partial charge in [0.25, 0.3) is 0 Å². The SMILES string of the molecule is Cc1cc(N=CC2C(=O)Nc3cccc(C)c32)ccc1N(C)CCc1ccccn1. The first kappa shape index (κ1) is 19.8. The molecule has 1 unspecified atom stereocenters.